The normalized spacial score (nSPS) is 17.1. The Labute approximate surface area is 163 Å². The van der Waals surface area contributed by atoms with E-state index in [1.54, 1.807) is 29.2 Å². The molecule has 1 aliphatic rings. The molecular weight excluding hydrogens is 360 g/mol. The molecule has 0 saturated carbocycles. The first-order chi connectivity index (χ1) is 13.0. The molecule has 0 radical (unpaired) electrons. The van der Waals surface area contributed by atoms with Gasteiger partial charge in [-0.05, 0) is 67.9 Å². The second-order valence-corrected chi connectivity index (χ2v) is 7.01. The van der Waals surface area contributed by atoms with E-state index < -0.39 is 0 Å². The van der Waals surface area contributed by atoms with Crippen LogP contribution in [0.1, 0.15) is 25.0 Å². The van der Waals surface area contributed by atoms with Crippen molar-refractivity contribution in [3.8, 4) is 11.5 Å². The number of likely N-dealkylation sites (N-methyl/N-ethyl adjacent to an activating group) is 1. The molecule has 0 aromatic heterocycles. The largest absolute Gasteiger partial charge is 0.504 e. The Bertz CT molecular complexity index is 921. The Morgan fingerprint density at radius 2 is 2.00 bits per heavy atom. The number of nitrogens with zero attached hydrogens (tertiary/aromatic N) is 2. The molecular formula is C21H22N2O3S. The van der Waals surface area contributed by atoms with Gasteiger partial charge in [-0.3, -0.25) is 9.69 Å². The van der Waals surface area contributed by atoms with E-state index in [1.165, 1.54) is 11.8 Å². The summed E-state index contributed by atoms with van der Waals surface area (Å²) >= 11 is 1.36. The van der Waals surface area contributed by atoms with Gasteiger partial charge >= 0.3 is 0 Å². The fourth-order valence-electron chi connectivity index (χ4n) is 2.71. The fraction of sp³-hybridized carbons (Fsp3) is 0.238. The Morgan fingerprint density at radius 3 is 2.70 bits per heavy atom. The molecule has 1 aliphatic heterocycles. The predicted molar refractivity (Wildman–Crippen MR) is 111 cm³/mol. The molecule has 27 heavy (non-hydrogen) atoms. The molecule has 1 fully saturated rings. The van der Waals surface area contributed by atoms with E-state index in [0.29, 0.717) is 29.0 Å². The second kappa shape index (κ2) is 8.31. The first kappa shape index (κ1) is 19.0. The summed E-state index contributed by atoms with van der Waals surface area (Å²) in [5, 5.41) is 10.5. The van der Waals surface area contributed by atoms with E-state index in [4.69, 9.17) is 9.73 Å². The smallest absolute Gasteiger partial charge is 0.266 e. The Kier molecular flexibility index (Phi) is 5.86. The number of hydrogen-bond donors (Lipinski definition) is 1. The number of benzene rings is 2. The third-order valence-corrected chi connectivity index (χ3v) is 5.12. The monoisotopic (exact) mass is 382 g/mol. The third-order valence-electron chi connectivity index (χ3n) is 4.12. The van der Waals surface area contributed by atoms with Crippen molar-refractivity contribution in [1.82, 2.24) is 4.90 Å². The highest BCUT2D eigenvalue weighted by molar-refractivity contribution is 8.18. The average Bonchev–Trinajstić information content (AvgIpc) is 2.94. The minimum Gasteiger partial charge on any atom is -0.504 e. The van der Waals surface area contributed by atoms with Crippen LogP contribution in [0.2, 0.25) is 0 Å². The lowest BCUT2D eigenvalue weighted by atomic mass is 10.2. The van der Waals surface area contributed by atoms with E-state index in [-0.39, 0.29) is 11.7 Å². The van der Waals surface area contributed by atoms with Gasteiger partial charge in [-0.1, -0.05) is 24.3 Å². The number of para-hydroxylation sites is 1. The van der Waals surface area contributed by atoms with Crippen LogP contribution in [0.3, 0.4) is 0 Å². The maximum atomic E-state index is 12.8. The molecule has 0 atom stereocenters. The molecule has 1 saturated heterocycles. The van der Waals surface area contributed by atoms with Crippen molar-refractivity contribution in [1.29, 1.82) is 0 Å². The zero-order chi connectivity index (χ0) is 19.4. The summed E-state index contributed by atoms with van der Waals surface area (Å²) < 4.78 is 5.42. The first-order valence-electron chi connectivity index (χ1n) is 8.85. The second-order valence-electron chi connectivity index (χ2n) is 6.00. The van der Waals surface area contributed by atoms with E-state index in [2.05, 4.69) is 0 Å². The molecule has 1 amide bonds. The van der Waals surface area contributed by atoms with Gasteiger partial charge in [0, 0.05) is 6.54 Å². The van der Waals surface area contributed by atoms with Crippen molar-refractivity contribution in [2.24, 2.45) is 4.99 Å². The van der Waals surface area contributed by atoms with E-state index >= 15 is 0 Å². The molecule has 0 spiro atoms. The van der Waals surface area contributed by atoms with Crippen LogP contribution in [-0.2, 0) is 4.79 Å². The van der Waals surface area contributed by atoms with Gasteiger partial charge in [-0.2, -0.15) is 0 Å². The molecule has 5 nitrogen and oxygen atoms in total. The quantitative estimate of drug-likeness (QED) is 0.760. The van der Waals surface area contributed by atoms with Crippen LogP contribution in [0, 0.1) is 6.92 Å². The van der Waals surface area contributed by atoms with Crippen molar-refractivity contribution < 1.29 is 14.6 Å². The first-order valence-corrected chi connectivity index (χ1v) is 9.66. The van der Waals surface area contributed by atoms with Gasteiger partial charge in [0.1, 0.15) is 0 Å². The van der Waals surface area contributed by atoms with Crippen molar-refractivity contribution in [3.63, 3.8) is 0 Å². The topological polar surface area (TPSA) is 62.1 Å². The van der Waals surface area contributed by atoms with Gasteiger partial charge in [0.2, 0.25) is 0 Å². The molecule has 6 heteroatoms. The number of rotatable bonds is 5. The van der Waals surface area contributed by atoms with Gasteiger partial charge < -0.3 is 9.84 Å². The van der Waals surface area contributed by atoms with Crippen molar-refractivity contribution in [3.05, 3.63) is 58.5 Å². The number of phenolic OH excluding ortho intramolecular Hbond substituents is 1. The van der Waals surface area contributed by atoms with Crippen molar-refractivity contribution in [2.45, 2.75) is 20.8 Å². The minimum atomic E-state index is -0.0686. The molecule has 0 unspecified atom stereocenters. The van der Waals surface area contributed by atoms with Crippen LogP contribution in [0.5, 0.6) is 11.5 Å². The SMILES string of the molecule is CCOc1cc(/C=C2/SC(=Nc3ccccc3C)N(CC)C2=O)ccc1O. The highest BCUT2D eigenvalue weighted by Gasteiger charge is 2.32. The van der Waals surface area contributed by atoms with Gasteiger partial charge in [0.15, 0.2) is 16.7 Å². The summed E-state index contributed by atoms with van der Waals surface area (Å²) in [5.74, 6) is 0.422. The summed E-state index contributed by atoms with van der Waals surface area (Å²) in [4.78, 5) is 19.7. The lowest BCUT2D eigenvalue weighted by Gasteiger charge is -2.12. The number of carbonyl (C=O) groups is 1. The summed E-state index contributed by atoms with van der Waals surface area (Å²) in [6.45, 7) is 6.79. The lowest BCUT2D eigenvalue weighted by Crippen LogP contribution is -2.28. The number of phenols is 1. The van der Waals surface area contributed by atoms with Gasteiger partial charge in [0.05, 0.1) is 17.2 Å². The molecule has 2 aromatic rings. The standard InChI is InChI=1S/C21H22N2O3S/c1-4-23-20(25)19(13-15-10-11-17(24)18(12-15)26-5-2)27-21(23)22-16-9-7-6-8-14(16)3/h6-13,24H,4-5H2,1-3H3/b19-13+,22-21?. The Hall–Kier alpha value is -2.73. The molecule has 1 N–H and O–H groups in total. The van der Waals surface area contributed by atoms with Crippen LogP contribution in [-0.4, -0.2) is 34.2 Å². The highest BCUT2D eigenvalue weighted by atomic mass is 32.2. The number of amidine groups is 1. The fourth-order valence-corrected chi connectivity index (χ4v) is 3.76. The van der Waals surface area contributed by atoms with Gasteiger partial charge in [0.25, 0.3) is 5.91 Å². The molecule has 140 valence electrons. The van der Waals surface area contributed by atoms with E-state index in [0.717, 1.165) is 16.8 Å². The molecule has 2 aromatic carbocycles. The number of carbonyl (C=O) groups excluding carboxylic acids is 1. The van der Waals surface area contributed by atoms with Gasteiger partial charge in [-0.25, -0.2) is 4.99 Å². The average molecular weight is 382 g/mol. The summed E-state index contributed by atoms with van der Waals surface area (Å²) in [6.07, 6.45) is 1.80. The van der Waals surface area contributed by atoms with Crippen molar-refractivity contribution >= 4 is 34.6 Å². The molecule has 0 aliphatic carbocycles. The maximum absolute atomic E-state index is 12.8. The van der Waals surface area contributed by atoms with Crippen LogP contribution in [0.15, 0.2) is 52.4 Å². The molecule has 0 bridgehead atoms. The van der Waals surface area contributed by atoms with Crippen LogP contribution in [0.25, 0.3) is 6.08 Å². The summed E-state index contributed by atoms with van der Waals surface area (Å²) in [6, 6.07) is 12.9. The number of amides is 1. The Morgan fingerprint density at radius 1 is 1.22 bits per heavy atom. The Balaban J connectivity index is 1.94. The van der Waals surface area contributed by atoms with E-state index in [1.807, 2.05) is 45.0 Å². The summed E-state index contributed by atoms with van der Waals surface area (Å²) in [7, 11) is 0. The number of aliphatic imine (C=N–C) groups is 1. The van der Waals surface area contributed by atoms with Crippen LogP contribution < -0.4 is 4.74 Å². The number of hydrogen-bond acceptors (Lipinski definition) is 5. The number of aromatic hydroxyl groups is 1. The number of thioether (sulfide) groups is 1. The third kappa shape index (κ3) is 4.17. The zero-order valence-electron chi connectivity index (χ0n) is 15.6. The molecule has 1 heterocycles. The lowest BCUT2D eigenvalue weighted by molar-refractivity contribution is -0.122. The number of ether oxygens (including phenoxy) is 1. The summed E-state index contributed by atoms with van der Waals surface area (Å²) in [5.41, 5.74) is 2.71. The van der Waals surface area contributed by atoms with Crippen LogP contribution in [0.4, 0.5) is 5.69 Å². The van der Waals surface area contributed by atoms with E-state index in [9.17, 15) is 9.90 Å². The maximum Gasteiger partial charge on any atom is 0.266 e. The van der Waals surface area contributed by atoms with Crippen LogP contribution >= 0.6 is 11.8 Å². The predicted octanol–water partition coefficient (Wildman–Crippen LogP) is 4.72. The minimum absolute atomic E-state index is 0.0686. The molecule has 3 rings (SSSR count). The highest BCUT2D eigenvalue weighted by Crippen LogP contribution is 2.35. The van der Waals surface area contributed by atoms with Crippen molar-refractivity contribution in [2.75, 3.05) is 13.2 Å². The zero-order valence-corrected chi connectivity index (χ0v) is 16.4. The van der Waals surface area contributed by atoms with Gasteiger partial charge in [-0.15, -0.1) is 0 Å². The number of aryl methyl sites for hydroxylation is 1.